The van der Waals surface area contributed by atoms with Crippen molar-refractivity contribution in [2.24, 2.45) is 0 Å². The Morgan fingerprint density at radius 3 is 2.43 bits per heavy atom. The van der Waals surface area contributed by atoms with E-state index in [-0.39, 0.29) is 0 Å². The number of anilines is 2. The molecule has 11 nitrogen and oxygen atoms in total. The van der Waals surface area contributed by atoms with Gasteiger partial charge in [0.1, 0.15) is 5.03 Å². The van der Waals surface area contributed by atoms with Crippen LogP contribution in [-0.2, 0) is 11.3 Å². The number of piperazine rings is 1. The van der Waals surface area contributed by atoms with Crippen LogP contribution in [0.2, 0.25) is 0 Å². The van der Waals surface area contributed by atoms with Crippen LogP contribution in [0, 0.1) is 0 Å². The number of hydrogen-bond acceptors (Lipinski definition) is 11. The molecule has 37 heavy (non-hydrogen) atoms. The fraction of sp³-hybridized carbons (Fsp3) is 0.400. The highest BCUT2D eigenvalue weighted by Gasteiger charge is 2.22. The Morgan fingerprint density at radius 2 is 1.65 bits per heavy atom. The summed E-state index contributed by atoms with van der Waals surface area (Å²) in [6, 6.07) is 9.81. The van der Waals surface area contributed by atoms with Gasteiger partial charge < -0.3 is 19.0 Å². The van der Waals surface area contributed by atoms with E-state index in [2.05, 4.69) is 51.6 Å². The molecule has 0 aromatic carbocycles. The predicted octanol–water partition coefficient (Wildman–Crippen LogP) is 2.53. The standard InChI is InChI=1S/C25H29N9O2S/c1-2-21(36-17-1)23-29-30-25(34(23)14-9-31-15-18-35-19-16-31)37-22-5-8-27-24(28-22)33-12-10-32(11-13-33)20-3-6-26-7-4-20/h1-8,17H,9-16,18-19H2. The monoisotopic (exact) mass is 519 g/mol. The summed E-state index contributed by atoms with van der Waals surface area (Å²) in [7, 11) is 0. The molecule has 192 valence electrons. The number of rotatable bonds is 8. The molecule has 2 saturated heterocycles. The van der Waals surface area contributed by atoms with Crippen molar-refractivity contribution in [1.82, 2.24) is 34.6 Å². The lowest BCUT2D eigenvalue weighted by molar-refractivity contribution is 0.0361. The van der Waals surface area contributed by atoms with Gasteiger partial charge in [-0.05, 0) is 42.1 Å². The van der Waals surface area contributed by atoms with Crippen molar-refractivity contribution in [3.8, 4) is 11.6 Å². The average molecular weight is 520 g/mol. The lowest BCUT2D eigenvalue weighted by Crippen LogP contribution is -2.47. The van der Waals surface area contributed by atoms with Crippen molar-refractivity contribution in [3.63, 3.8) is 0 Å². The number of hydrogen-bond donors (Lipinski definition) is 0. The van der Waals surface area contributed by atoms with Gasteiger partial charge >= 0.3 is 0 Å². The highest BCUT2D eigenvalue weighted by atomic mass is 32.2. The number of pyridine rings is 1. The molecule has 4 aromatic heterocycles. The quantitative estimate of drug-likeness (QED) is 0.321. The molecule has 0 N–H and O–H groups in total. The van der Waals surface area contributed by atoms with E-state index in [9.17, 15) is 0 Å². The smallest absolute Gasteiger partial charge is 0.226 e. The van der Waals surface area contributed by atoms with Crippen LogP contribution in [0.25, 0.3) is 11.6 Å². The van der Waals surface area contributed by atoms with E-state index < -0.39 is 0 Å². The number of morpholine rings is 1. The van der Waals surface area contributed by atoms with Crippen molar-refractivity contribution >= 4 is 23.4 Å². The molecule has 2 aliphatic rings. The van der Waals surface area contributed by atoms with E-state index in [0.29, 0.717) is 5.76 Å². The normalized spacial score (nSPS) is 16.9. The molecule has 0 unspecified atom stereocenters. The largest absolute Gasteiger partial charge is 0.461 e. The van der Waals surface area contributed by atoms with Crippen LogP contribution in [0.1, 0.15) is 0 Å². The first kappa shape index (κ1) is 23.9. The maximum Gasteiger partial charge on any atom is 0.226 e. The van der Waals surface area contributed by atoms with Crippen LogP contribution < -0.4 is 9.80 Å². The second-order valence-electron chi connectivity index (χ2n) is 8.87. The van der Waals surface area contributed by atoms with Crippen molar-refractivity contribution in [3.05, 3.63) is 55.2 Å². The van der Waals surface area contributed by atoms with E-state index in [0.717, 1.165) is 87.5 Å². The minimum absolute atomic E-state index is 0.705. The second-order valence-corrected chi connectivity index (χ2v) is 9.85. The molecule has 0 amide bonds. The number of ether oxygens (including phenoxy) is 1. The Balaban J connectivity index is 1.16. The van der Waals surface area contributed by atoms with Gasteiger partial charge in [0.15, 0.2) is 10.9 Å². The fourth-order valence-electron chi connectivity index (χ4n) is 4.57. The van der Waals surface area contributed by atoms with Gasteiger partial charge in [-0.1, -0.05) is 0 Å². The lowest BCUT2D eigenvalue weighted by atomic mass is 10.3. The minimum Gasteiger partial charge on any atom is -0.461 e. The molecule has 0 bridgehead atoms. The van der Waals surface area contributed by atoms with Crippen LogP contribution >= 0.6 is 11.8 Å². The summed E-state index contributed by atoms with van der Waals surface area (Å²) in [5, 5.41) is 10.6. The van der Waals surface area contributed by atoms with Gasteiger partial charge in [0.05, 0.1) is 19.5 Å². The zero-order valence-electron chi connectivity index (χ0n) is 20.5. The van der Waals surface area contributed by atoms with Crippen LogP contribution in [0.3, 0.4) is 0 Å². The third-order valence-corrected chi connectivity index (χ3v) is 7.53. The van der Waals surface area contributed by atoms with Crippen molar-refractivity contribution in [2.45, 2.75) is 16.7 Å². The van der Waals surface area contributed by atoms with E-state index in [1.165, 1.54) is 17.4 Å². The number of furan rings is 1. The molecule has 6 rings (SSSR count). The van der Waals surface area contributed by atoms with Gasteiger partial charge in [-0.3, -0.25) is 14.5 Å². The SMILES string of the molecule is c1coc(-c2nnc(Sc3ccnc(N4CCN(c5ccncc5)CC4)n3)n2CCN2CCOCC2)c1. The first-order chi connectivity index (χ1) is 18.3. The van der Waals surface area contributed by atoms with Crippen molar-refractivity contribution < 1.29 is 9.15 Å². The molecule has 0 radical (unpaired) electrons. The highest BCUT2D eigenvalue weighted by Crippen LogP contribution is 2.30. The van der Waals surface area contributed by atoms with E-state index in [4.69, 9.17) is 14.1 Å². The van der Waals surface area contributed by atoms with Gasteiger partial charge in [-0.2, -0.15) is 0 Å². The molecule has 4 aromatic rings. The zero-order valence-corrected chi connectivity index (χ0v) is 21.3. The van der Waals surface area contributed by atoms with Crippen LogP contribution in [0.15, 0.2) is 69.8 Å². The Bertz CT molecular complexity index is 1270. The first-order valence-electron chi connectivity index (χ1n) is 12.5. The summed E-state index contributed by atoms with van der Waals surface area (Å²) in [5.41, 5.74) is 1.20. The highest BCUT2D eigenvalue weighted by molar-refractivity contribution is 7.99. The minimum atomic E-state index is 0.705. The maximum absolute atomic E-state index is 5.65. The third-order valence-electron chi connectivity index (χ3n) is 6.61. The molecule has 6 heterocycles. The predicted molar refractivity (Wildman–Crippen MR) is 140 cm³/mol. The summed E-state index contributed by atoms with van der Waals surface area (Å²) in [6.07, 6.45) is 7.15. The first-order valence-corrected chi connectivity index (χ1v) is 13.3. The van der Waals surface area contributed by atoms with E-state index >= 15 is 0 Å². The molecule has 2 aliphatic heterocycles. The molecule has 12 heteroatoms. The second kappa shape index (κ2) is 11.3. The van der Waals surface area contributed by atoms with Gasteiger partial charge in [0.25, 0.3) is 0 Å². The lowest BCUT2D eigenvalue weighted by Gasteiger charge is -2.36. The molecule has 0 aliphatic carbocycles. The summed E-state index contributed by atoms with van der Waals surface area (Å²) in [6.45, 7) is 8.59. The van der Waals surface area contributed by atoms with Gasteiger partial charge in [-0.25, -0.2) is 9.97 Å². The Hall–Kier alpha value is -3.48. The summed E-state index contributed by atoms with van der Waals surface area (Å²) in [5.74, 6) is 2.17. The Morgan fingerprint density at radius 1 is 0.838 bits per heavy atom. The maximum atomic E-state index is 5.65. The zero-order chi connectivity index (χ0) is 24.9. The van der Waals surface area contributed by atoms with Crippen LogP contribution in [0.5, 0.6) is 0 Å². The Kier molecular flexibility index (Phi) is 7.28. The molecule has 0 saturated carbocycles. The molecule has 2 fully saturated rings. The van der Waals surface area contributed by atoms with E-state index in [1.54, 1.807) is 6.26 Å². The van der Waals surface area contributed by atoms with Crippen LogP contribution in [0.4, 0.5) is 11.6 Å². The number of aromatic nitrogens is 6. The molecule has 0 atom stereocenters. The topological polar surface area (TPSA) is 101 Å². The molecular formula is C25H29N9O2S. The van der Waals surface area contributed by atoms with Crippen molar-refractivity contribution in [2.75, 3.05) is 68.8 Å². The van der Waals surface area contributed by atoms with Gasteiger partial charge in [0, 0.05) is 76.6 Å². The third kappa shape index (κ3) is 5.60. The van der Waals surface area contributed by atoms with E-state index in [1.807, 2.05) is 36.8 Å². The summed E-state index contributed by atoms with van der Waals surface area (Å²) >= 11 is 1.50. The average Bonchev–Trinajstić information content (AvgIpc) is 3.63. The Labute approximate surface area is 219 Å². The summed E-state index contributed by atoms with van der Waals surface area (Å²) in [4.78, 5) is 20.6. The summed E-state index contributed by atoms with van der Waals surface area (Å²) < 4.78 is 13.3. The number of nitrogens with zero attached hydrogens (tertiary/aromatic N) is 9. The van der Waals surface area contributed by atoms with Gasteiger partial charge in [-0.15, -0.1) is 10.2 Å². The fourth-order valence-corrected chi connectivity index (χ4v) is 5.39. The molecule has 0 spiro atoms. The van der Waals surface area contributed by atoms with Crippen LogP contribution in [-0.4, -0.2) is 93.6 Å². The molecular weight excluding hydrogens is 490 g/mol. The van der Waals surface area contributed by atoms with Crippen molar-refractivity contribution in [1.29, 1.82) is 0 Å². The van der Waals surface area contributed by atoms with Gasteiger partial charge in [0.2, 0.25) is 11.8 Å².